The summed E-state index contributed by atoms with van der Waals surface area (Å²) in [5.41, 5.74) is 2.29. The zero-order valence-electron chi connectivity index (χ0n) is 12.9. The molecule has 3 heterocycles. The van der Waals surface area contributed by atoms with Crippen LogP contribution in [0, 0.1) is 17.2 Å². The van der Waals surface area contributed by atoms with E-state index in [4.69, 9.17) is 0 Å². The molecule has 4 nitrogen and oxygen atoms in total. The molecule has 1 aromatic carbocycles. The summed E-state index contributed by atoms with van der Waals surface area (Å²) >= 11 is 0. The van der Waals surface area contributed by atoms with Crippen molar-refractivity contribution in [3.05, 3.63) is 70.1 Å². The lowest BCUT2D eigenvalue weighted by Gasteiger charge is -2.44. The van der Waals surface area contributed by atoms with Crippen LogP contribution < -0.4 is 5.56 Å². The Morgan fingerprint density at radius 3 is 2.65 bits per heavy atom. The molecule has 3 atom stereocenters. The van der Waals surface area contributed by atoms with Crippen LogP contribution in [0.4, 0.5) is 0 Å². The molecule has 0 saturated carbocycles. The van der Waals surface area contributed by atoms with Crippen molar-refractivity contribution in [3.63, 3.8) is 0 Å². The van der Waals surface area contributed by atoms with Gasteiger partial charge in [0.05, 0.1) is 6.07 Å². The Balaban J connectivity index is 1.66. The molecular weight excluding hydrogens is 286 g/mol. The van der Waals surface area contributed by atoms with Crippen LogP contribution in [-0.4, -0.2) is 22.6 Å². The van der Waals surface area contributed by atoms with E-state index in [2.05, 4.69) is 17.0 Å². The van der Waals surface area contributed by atoms with Gasteiger partial charge in [0, 0.05) is 37.3 Å². The van der Waals surface area contributed by atoms with Crippen LogP contribution >= 0.6 is 0 Å². The van der Waals surface area contributed by atoms with Crippen molar-refractivity contribution in [1.82, 2.24) is 9.47 Å². The van der Waals surface area contributed by atoms with Crippen molar-refractivity contribution in [1.29, 1.82) is 5.26 Å². The number of rotatable bonds is 2. The molecular formula is C19H19N3O. The van der Waals surface area contributed by atoms with E-state index < -0.39 is 0 Å². The van der Waals surface area contributed by atoms with E-state index in [-0.39, 0.29) is 11.6 Å². The van der Waals surface area contributed by atoms with Gasteiger partial charge in [-0.05, 0) is 24.0 Å². The van der Waals surface area contributed by atoms with E-state index >= 15 is 0 Å². The number of fused-ring (bicyclic) bond motifs is 4. The molecule has 2 aromatic rings. The Bertz CT molecular complexity index is 805. The SMILES string of the molecule is N#C[C@H](c1ccccc1)N1C[C@@H]2C[C@@H](C1)c1cccc(=O)n1C2. The normalized spacial score (nSPS) is 24.5. The molecule has 116 valence electrons. The fraction of sp³-hybridized carbons (Fsp3) is 0.368. The predicted molar refractivity (Wildman–Crippen MR) is 87.9 cm³/mol. The Kier molecular flexibility index (Phi) is 3.51. The van der Waals surface area contributed by atoms with Gasteiger partial charge in [0.2, 0.25) is 0 Å². The van der Waals surface area contributed by atoms with Gasteiger partial charge in [-0.3, -0.25) is 9.69 Å². The van der Waals surface area contributed by atoms with E-state index in [0.29, 0.717) is 11.8 Å². The predicted octanol–water partition coefficient (Wildman–Crippen LogP) is 2.53. The fourth-order valence-electron chi connectivity index (χ4n) is 4.15. The number of hydrogen-bond acceptors (Lipinski definition) is 3. The van der Waals surface area contributed by atoms with Gasteiger partial charge in [0.25, 0.3) is 5.56 Å². The molecule has 0 radical (unpaired) electrons. The molecule has 0 unspecified atom stereocenters. The number of nitriles is 1. The second kappa shape index (κ2) is 5.68. The molecule has 2 bridgehead atoms. The van der Waals surface area contributed by atoms with Gasteiger partial charge in [0.15, 0.2) is 0 Å². The molecule has 2 aliphatic heterocycles. The summed E-state index contributed by atoms with van der Waals surface area (Å²) in [6.07, 6.45) is 1.12. The van der Waals surface area contributed by atoms with Crippen molar-refractivity contribution in [3.8, 4) is 6.07 Å². The quantitative estimate of drug-likeness (QED) is 0.856. The monoisotopic (exact) mass is 305 g/mol. The zero-order chi connectivity index (χ0) is 15.8. The summed E-state index contributed by atoms with van der Waals surface area (Å²) in [6.45, 7) is 2.49. The van der Waals surface area contributed by atoms with E-state index in [9.17, 15) is 10.1 Å². The first kappa shape index (κ1) is 14.2. The van der Waals surface area contributed by atoms with Crippen molar-refractivity contribution >= 4 is 0 Å². The van der Waals surface area contributed by atoms with Gasteiger partial charge < -0.3 is 4.57 Å². The third kappa shape index (κ3) is 2.47. The van der Waals surface area contributed by atoms with Crippen LogP contribution in [0.3, 0.4) is 0 Å². The van der Waals surface area contributed by atoms with Crippen LogP contribution in [0.2, 0.25) is 0 Å². The molecule has 0 N–H and O–H groups in total. The number of likely N-dealkylation sites (tertiary alicyclic amines) is 1. The minimum Gasteiger partial charge on any atom is -0.312 e. The maximum Gasteiger partial charge on any atom is 0.250 e. The first-order valence-corrected chi connectivity index (χ1v) is 8.14. The van der Waals surface area contributed by atoms with E-state index in [1.165, 1.54) is 0 Å². The maximum absolute atomic E-state index is 12.1. The van der Waals surface area contributed by atoms with E-state index in [1.807, 2.05) is 41.0 Å². The second-order valence-electron chi connectivity index (χ2n) is 6.59. The molecule has 2 aliphatic rings. The van der Waals surface area contributed by atoms with E-state index in [0.717, 1.165) is 37.3 Å². The number of nitrogens with zero attached hydrogens (tertiary/aromatic N) is 3. The van der Waals surface area contributed by atoms with Crippen LogP contribution in [0.15, 0.2) is 53.3 Å². The molecule has 4 heteroatoms. The highest BCUT2D eigenvalue weighted by Crippen LogP contribution is 2.38. The van der Waals surface area contributed by atoms with Gasteiger partial charge in [-0.25, -0.2) is 0 Å². The molecule has 1 saturated heterocycles. The number of hydrogen-bond donors (Lipinski definition) is 0. The van der Waals surface area contributed by atoms with Crippen molar-refractivity contribution in [2.24, 2.45) is 5.92 Å². The average molecular weight is 305 g/mol. The first-order chi connectivity index (χ1) is 11.3. The Morgan fingerprint density at radius 1 is 1.04 bits per heavy atom. The number of aromatic nitrogens is 1. The van der Waals surface area contributed by atoms with Crippen LogP contribution in [-0.2, 0) is 6.54 Å². The van der Waals surface area contributed by atoms with Crippen molar-refractivity contribution in [2.75, 3.05) is 13.1 Å². The first-order valence-electron chi connectivity index (χ1n) is 8.14. The highest BCUT2D eigenvalue weighted by atomic mass is 16.1. The molecule has 0 spiro atoms. The lowest BCUT2D eigenvalue weighted by molar-refractivity contribution is 0.100. The van der Waals surface area contributed by atoms with Crippen LogP contribution in [0.25, 0.3) is 0 Å². The van der Waals surface area contributed by atoms with Gasteiger partial charge in [-0.1, -0.05) is 36.4 Å². The Hall–Kier alpha value is -2.38. The highest BCUT2D eigenvalue weighted by Gasteiger charge is 2.37. The Labute approximate surface area is 135 Å². The summed E-state index contributed by atoms with van der Waals surface area (Å²) in [5, 5.41) is 9.69. The molecule has 1 fully saturated rings. The lowest BCUT2D eigenvalue weighted by Crippen LogP contribution is -2.47. The van der Waals surface area contributed by atoms with Crippen LogP contribution in [0.5, 0.6) is 0 Å². The minimum atomic E-state index is -0.205. The third-order valence-electron chi connectivity index (χ3n) is 5.11. The Morgan fingerprint density at radius 2 is 1.87 bits per heavy atom. The van der Waals surface area contributed by atoms with Crippen molar-refractivity contribution in [2.45, 2.75) is 24.9 Å². The van der Waals surface area contributed by atoms with E-state index in [1.54, 1.807) is 6.07 Å². The molecule has 1 aromatic heterocycles. The standard InChI is InChI=1S/C19H19N3O/c20-10-18(15-5-2-1-3-6-15)21-11-14-9-16(13-21)17-7-4-8-19(23)22(17)12-14/h1-8,14,16,18H,9,11-13H2/t14-,16-,18+/m0/s1. The summed E-state index contributed by atoms with van der Waals surface area (Å²) in [5.74, 6) is 0.789. The lowest BCUT2D eigenvalue weighted by atomic mass is 9.82. The molecule has 4 rings (SSSR count). The smallest absolute Gasteiger partial charge is 0.250 e. The van der Waals surface area contributed by atoms with Gasteiger partial charge in [-0.15, -0.1) is 0 Å². The molecule has 23 heavy (non-hydrogen) atoms. The molecule has 0 amide bonds. The highest BCUT2D eigenvalue weighted by molar-refractivity contribution is 5.25. The number of pyridine rings is 1. The van der Waals surface area contributed by atoms with Gasteiger partial charge >= 0.3 is 0 Å². The summed E-state index contributed by atoms with van der Waals surface area (Å²) in [4.78, 5) is 14.4. The summed E-state index contributed by atoms with van der Waals surface area (Å²) in [6, 6.07) is 17.8. The zero-order valence-corrected chi connectivity index (χ0v) is 12.9. The topological polar surface area (TPSA) is 49.0 Å². The number of benzene rings is 1. The largest absolute Gasteiger partial charge is 0.312 e. The van der Waals surface area contributed by atoms with Crippen LogP contribution in [0.1, 0.15) is 29.6 Å². The average Bonchev–Trinajstić information content (AvgIpc) is 2.58. The summed E-state index contributed by atoms with van der Waals surface area (Å²) < 4.78 is 1.93. The second-order valence-corrected chi connectivity index (χ2v) is 6.59. The fourth-order valence-corrected chi connectivity index (χ4v) is 4.15. The minimum absolute atomic E-state index is 0.102. The van der Waals surface area contributed by atoms with Gasteiger partial charge in [-0.2, -0.15) is 5.26 Å². The van der Waals surface area contributed by atoms with Gasteiger partial charge in [0.1, 0.15) is 6.04 Å². The molecule has 0 aliphatic carbocycles. The third-order valence-corrected chi connectivity index (χ3v) is 5.11. The number of piperidine rings is 1. The van der Waals surface area contributed by atoms with Crippen molar-refractivity contribution < 1.29 is 0 Å². The summed E-state index contributed by atoms with van der Waals surface area (Å²) in [7, 11) is 0. The maximum atomic E-state index is 12.1.